The summed E-state index contributed by atoms with van der Waals surface area (Å²) in [4.78, 5) is 24.7. The van der Waals surface area contributed by atoms with Crippen LogP contribution in [-0.4, -0.2) is 37.5 Å². The van der Waals surface area contributed by atoms with Crippen molar-refractivity contribution in [2.75, 3.05) is 14.2 Å². The minimum absolute atomic E-state index is 0.0594. The molecule has 33 heavy (non-hydrogen) atoms. The largest absolute Gasteiger partial charge is 0.497 e. The van der Waals surface area contributed by atoms with Gasteiger partial charge in [0, 0.05) is 11.1 Å². The van der Waals surface area contributed by atoms with Crippen LogP contribution in [0.3, 0.4) is 0 Å². The van der Waals surface area contributed by atoms with E-state index in [0.717, 1.165) is 11.1 Å². The summed E-state index contributed by atoms with van der Waals surface area (Å²) in [6.45, 7) is 3.50. The summed E-state index contributed by atoms with van der Waals surface area (Å²) in [7, 11) is 3.15. The number of nitrogens with zero attached hydrogens (tertiary/aromatic N) is 2. The zero-order chi connectivity index (χ0) is 23.8. The fourth-order valence-corrected chi connectivity index (χ4v) is 2.79. The van der Waals surface area contributed by atoms with Crippen molar-refractivity contribution in [3.05, 3.63) is 83.3 Å². The van der Waals surface area contributed by atoms with Crippen molar-refractivity contribution in [3.8, 4) is 11.5 Å². The molecule has 0 radical (unpaired) electrons. The van der Waals surface area contributed by atoms with Gasteiger partial charge in [-0.25, -0.2) is 10.9 Å². The number of rotatable bonds is 8. The molecule has 3 aromatic rings. The van der Waals surface area contributed by atoms with E-state index in [0.29, 0.717) is 22.9 Å². The quantitative estimate of drug-likeness (QED) is 0.404. The van der Waals surface area contributed by atoms with Gasteiger partial charge in [0.1, 0.15) is 11.5 Å². The number of hydrogen-bond acceptors (Lipinski definition) is 7. The van der Waals surface area contributed by atoms with Crippen LogP contribution >= 0.6 is 0 Å². The van der Waals surface area contributed by atoms with Gasteiger partial charge in [-0.15, -0.1) is 0 Å². The molecule has 2 amide bonds. The number of carbonyl (C=O) groups is 2. The normalized spacial score (nSPS) is 11.6. The van der Waals surface area contributed by atoms with Crippen LogP contribution in [0.15, 0.2) is 75.3 Å². The molecule has 0 aliphatic rings. The minimum atomic E-state index is -0.590. The van der Waals surface area contributed by atoms with Gasteiger partial charge < -0.3 is 13.9 Å². The number of ether oxygens (including phenoxy) is 2. The Labute approximate surface area is 191 Å². The Kier molecular flexibility index (Phi) is 7.59. The SMILES string of the molecule is COc1cccc(/C(C)=N/NC(=O)c2ccc(C(=O)N/N=C(\C)c3cccc(OC)c3)o2)c1. The molecule has 0 aliphatic carbocycles. The molecule has 0 fully saturated rings. The Morgan fingerprint density at radius 1 is 0.727 bits per heavy atom. The van der Waals surface area contributed by atoms with Crippen molar-refractivity contribution in [1.29, 1.82) is 0 Å². The predicted octanol–water partition coefficient (Wildman–Crippen LogP) is 3.60. The number of benzene rings is 2. The number of furan rings is 1. The summed E-state index contributed by atoms with van der Waals surface area (Å²) in [5.74, 6) is 0.0603. The van der Waals surface area contributed by atoms with Gasteiger partial charge in [-0.05, 0) is 50.2 Å². The first-order chi connectivity index (χ1) is 15.9. The van der Waals surface area contributed by atoms with E-state index in [4.69, 9.17) is 13.9 Å². The van der Waals surface area contributed by atoms with Gasteiger partial charge in [-0.3, -0.25) is 9.59 Å². The number of nitrogens with one attached hydrogen (secondary N) is 2. The molecule has 2 N–H and O–H groups in total. The third kappa shape index (κ3) is 6.07. The number of hydrazone groups is 2. The summed E-state index contributed by atoms with van der Waals surface area (Å²) < 4.78 is 15.7. The van der Waals surface area contributed by atoms with Gasteiger partial charge in [0.25, 0.3) is 0 Å². The van der Waals surface area contributed by atoms with E-state index in [-0.39, 0.29) is 11.5 Å². The maximum Gasteiger partial charge on any atom is 0.307 e. The molecule has 1 heterocycles. The monoisotopic (exact) mass is 448 g/mol. The second-order valence-corrected chi connectivity index (χ2v) is 6.90. The Morgan fingerprint density at radius 2 is 1.15 bits per heavy atom. The molecular weight excluding hydrogens is 424 g/mol. The Morgan fingerprint density at radius 3 is 1.55 bits per heavy atom. The van der Waals surface area contributed by atoms with Crippen molar-refractivity contribution in [1.82, 2.24) is 10.9 Å². The van der Waals surface area contributed by atoms with Crippen molar-refractivity contribution < 1.29 is 23.5 Å². The molecule has 0 aliphatic heterocycles. The van der Waals surface area contributed by atoms with Gasteiger partial charge in [0.15, 0.2) is 11.5 Å². The summed E-state index contributed by atoms with van der Waals surface area (Å²) in [6, 6.07) is 17.3. The van der Waals surface area contributed by atoms with Gasteiger partial charge in [-0.2, -0.15) is 10.2 Å². The second-order valence-electron chi connectivity index (χ2n) is 6.90. The number of methoxy groups -OCH3 is 2. The number of carbonyl (C=O) groups excluding carboxylic acids is 2. The standard InChI is InChI=1S/C24H24N4O5/c1-15(17-7-5-9-19(13-17)31-3)25-27-23(29)21-11-12-22(33-21)24(30)28-26-16(2)18-8-6-10-20(14-18)32-4/h5-14H,1-4H3,(H,27,29)(H,28,30)/b25-15+,26-16+. The third-order valence-electron chi connectivity index (χ3n) is 4.68. The highest BCUT2D eigenvalue weighted by molar-refractivity contribution is 6.02. The van der Waals surface area contributed by atoms with E-state index in [9.17, 15) is 9.59 Å². The first kappa shape index (κ1) is 23.3. The summed E-state index contributed by atoms with van der Waals surface area (Å²) in [5.41, 5.74) is 7.56. The zero-order valence-electron chi connectivity index (χ0n) is 18.7. The number of amides is 2. The van der Waals surface area contributed by atoms with E-state index in [1.807, 2.05) is 36.4 Å². The Balaban J connectivity index is 1.62. The summed E-state index contributed by atoms with van der Waals surface area (Å²) in [6.07, 6.45) is 0. The highest BCUT2D eigenvalue weighted by atomic mass is 16.5. The van der Waals surface area contributed by atoms with E-state index in [2.05, 4.69) is 21.1 Å². The average Bonchev–Trinajstić information content (AvgIpc) is 3.36. The lowest BCUT2D eigenvalue weighted by Crippen LogP contribution is -2.20. The van der Waals surface area contributed by atoms with Crippen LogP contribution in [0, 0.1) is 0 Å². The molecule has 9 heteroatoms. The van der Waals surface area contributed by atoms with E-state index in [1.54, 1.807) is 40.2 Å². The molecule has 0 spiro atoms. The third-order valence-corrected chi connectivity index (χ3v) is 4.68. The van der Waals surface area contributed by atoms with Crippen LogP contribution in [0.25, 0.3) is 0 Å². The summed E-state index contributed by atoms with van der Waals surface area (Å²) >= 11 is 0. The van der Waals surface area contributed by atoms with Gasteiger partial charge in [0.05, 0.1) is 25.6 Å². The fraction of sp³-hybridized carbons (Fsp3) is 0.167. The van der Waals surface area contributed by atoms with Crippen LogP contribution < -0.4 is 20.3 Å². The summed E-state index contributed by atoms with van der Waals surface area (Å²) in [5, 5.41) is 8.15. The van der Waals surface area contributed by atoms with E-state index < -0.39 is 11.8 Å². The fourth-order valence-electron chi connectivity index (χ4n) is 2.79. The maximum absolute atomic E-state index is 12.3. The van der Waals surface area contributed by atoms with Gasteiger partial charge >= 0.3 is 11.8 Å². The molecule has 0 unspecified atom stereocenters. The molecule has 9 nitrogen and oxygen atoms in total. The molecule has 3 rings (SSSR count). The first-order valence-corrected chi connectivity index (χ1v) is 9.99. The minimum Gasteiger partial charge on any atom is -0.497 e. The lowest BCUT2D eigenvalue weighted by molar-refractivity contribution is 0.0902. The lowest BCUT2D eigenvalue weighted by Gasteiger charge is -2.05. The lowest BCUT2D eigenvalue weighted by atomic mass is 10.1. The molecule has 0 saturated heterocycles. The Bertz CT molecular complexity index is 1120. The average molecular weight is 448 g/mol. The van der Waals surface area contributed by atoms with Crippen molar-refractivity contribution in [2.24, 2.45) is 10.2 Å². The smallest absolute Gasteiger partial charge is 0.307 e. The maximum atomic E-state index is 12.3. The second kappa shape index (κ2) is 10.8. The van der Waals surface area contributed by atoms with Crippen LogP contribution in [0.4, 0.5) is 0 Å². The van der Waals surface area contributed by atoms with E-state index in [1.165, 1.54) is 12.1 Å². The van der Waals surface area contributed by atoms with Crippen molar-refractivity contribution in [3.63, 3.8) is 0 Å². The van der Waals surface area contributed by atoms with Crippen LogP contribution in [0.2, 0.25) is 0 Å². The highest BCUT2D eigenvalue weighted by Gasteiger charge is 2.16. The van der Waals surface area contributed by atoms with Crippen molar-refractivity contribution in [2.45, 2.75) is 13.8 Å². The molecule has 0 saturated carbocycles. The molecule has 0 atom stereocenters. The van der Waals surface area contributed by atoms with Crippen LogP contribution in [0.5, 0.6) is 11.5 Å². The topological polar surface area (TPSA) is 115 Å². The van der Waals surface area contributed by atoms with Crippen molar-refractivity contribution >= 4 is 23.2 Å². The highest BCUT2D eigenvalue weighted by Crippen LogP contribution is 2.14. The van der Waals surface area contributed by atoms with Gasteiger partial charge in [0.2, 0.25) is 0 Å². The molecule has 2 aromatic carbocycles. The van der Waals surface area contributed by atoms with Crippen LogP contribution in [0.1, 0.15) is 46.1 Å². The number of hydrogen-bond donors (Lipinski definition) is 2. The first-order valence-electron chi connectivity index (χ1n) is 9.99. The van der Waals surface area contributed by atoms with Crippen LogP contribution in [-0.2, 0) is 0 Å². The predicted molar refractivity (Wildman–Crippen MR) is 124 cm³/mol. The molecule has 1 aromatic heterocycles. The Hall–Kier alpha value is -4.40. The molecule has 170 valence electrons. The molecular formula is C24H24N4O5. The van der Waals surface area contributed by atoms with Gasteiger partial charge in [-0.1, -0.05) is 24.3 Å². The zero-order valence-corrected chi connectivity index (χ0v) is 18.7. The van der Waals surface area contributed by atoms with E-state index >= 15 is 0 Å². The molecule has 0 bridgehead atoms.